The first-order valence-electron chi connectivity index (χ1n) is 12.4. The maximum Gasteiger partial charge on any atom is 0.205 e. The molecule has 1 aromatic heterocycles. The fourth-order valence-corrected chi connectivity index (χ4v) is 6.13. The lowest BCUT2D eigenvalue weighted by atomic mass is 9.76. The molecular formula is C30H25N3O4. The molecular weight excluding hydrogens is 466 g/mol. The molecule has 4 aromatic rings. The Balaban J connectivity index is 1.42. The lowest BCUT2D eigenvalue weighted by Gasteiger charge is -2.26. The molecule has 0 amide bonds. The molecule has 37 heavy (non-hydrogen) atoms. The normalized spacial score (nSPS) is 21.5. The van der Waals surface area contributed by atoms with E-state index in [1.54, 1.807) is 36.4 Å². The zero-order chi connectivity index (χ0) is 25.8. The molecule has 2 N–H and O–H groups in total. The molecule has 0 aliphatic carbocycles. The second-order valence-electron chi connectivity index (χ2n) is 9.70. The predicted octanol–water partition coefficient (Wildman–Crippen LogP) is 5.88. The maximum atomic E-state index is 11.6. The van der Waals surface area contributed by atoms with E-state index >= 15 is 0 Å². The number of fused-ring (bicyclic) bond motifs is 6. The van der Waals surface area contributed by atoms with Crippen molar-refractivity contribution >= 4 is 10.8 Å². The number of ether oxygens (including phenoxy) is 2. The number of nitrogens with zero attached hydrogens (tertiary/aromatic N) is 3. The molecule has 6 rings (SSSR count). The summed E-state index contributed by atoms with van der Waals surface area (Å²) in [5.41, 5.74) is 1.50. The summed E-state index contributed by atoms with van der Waals surface area (Å²) in [7, 11) is 0. The summed E-state index contributed by atoms with van der Waals surface area (Å²) in [5, 5.41) is 43.3. The van der Waals surface area contributed by atoms with Crippen LogP contribution in [0.5, 0.6) is 17.5 Å². The first-order chi connectivity index (χ1) is 18.0. The van der Waals surface area contributed by atoms with Gasteiger partial charge in [-0.2, -0.15) is 10.5 Å². The molecule has 7 heteroatoms. The molecule has 0 saturated carbocycles. The Kier molecular flexibility index (Phi) is 5.15. The van der Waals surface area contributed by atoms with E-state index in [0.717, 1.165) is 17.2 Å². The third kappa shape index (κ3) is 3.21. The highest BCUT2D eigenvalue weighted by Crippen LogP contribution is 2.66. The van der Waals surface area contributed by atoms with Crippen LogP contribution in [0.15, 0.2) is 60.7 Å². The second-order valence-corrected chi connectivity index (χ2v) is 9.70. The fraction of sp³-hybridized carbons (Fsp3) is 0.267. The minimum atomic E-state index is -0.785. The van der Waals surface area contributed by atoms with Gasteiger partial charge in [-0.05, 0) is 55.7 Å². The van der Waals surface area contributed by atoms with E-state index < -0.39 is 11.2 Å². The van der Waals surface area contributed by atoms with Gasteiger partial charge in [0.05, 0.1) is 52.3 Å². The van der Waals surface area contributed by atoms with Crippen LogP contribution in [0.3, 0.4) is 0 Å². The summed E-state index contributed by atoms with van der Waals surface area (Å²) in [6, 6.07) is 22.2. The third-order valence-corrected chi connectivity index (χ3v) is 7.95. The van der Waals surface area contributed by atoms with Crippen molar-refractivity contribution < 1.29 is 19.7 Å². The summed E-state index contributed by atoms with van der Waals surface area (Å²) in [4.78, 5) is 0. The Morgan fingerprint density at radius 2 is 1.57 bits per heavy atom. The van der Waals surface area contributed by atoms with Crippen molar-refractivity contribution in [3.05, 3.63) is 82.9 Å². The Morgan fingerprint density at radius 3 is 2.24 bits per heavy atom. The van der Waals surface area contributed by atoms with Crippen molar-refractivity contribution in [2.24, 2.45) is 0 Å². The first-order valence-corrected chi connectivity index (χ1v) is 12.4. The highest BCUT2D eigenvalue weighted by Gasteiger charge is 2.62. The number of rotatable bonds is 6. The Hall–Kier alpha value is -4.46. The number of hydrogen-bond donors (Lipinski definition) is 2. The Morgan fingerprint density at radius 1 is 0.892 bits per heavy atom. The number of nitriles is 2. The largest absolute Gasteiger partial charge is 0.494 e. The highest BCUT2D eigenvalue weighted by atomic mass is 16.5. The molecule has 1 saturated heterocycles. The summed E-state index contributed by atoms with van der Waals surface area (Å²) in [5.74, 6) is 0.580. The predicted molar refractivity (Wildman–Crippen MR) is 137 cm³/mol. The van der Waals surface area contributed by atoms with Gasteiger partial charge in [-0.3, -0.25) is 4.57 Å². The smallest absolute Gasteiger partial charge is 0.205 e. The molecule has 184 valence electrons. The van der Waals surface area contributed by atoms with E-state index in [-0.39, 0.29) is 11.8 Å². The van der Waals surface area contributed by atoms with Crippen LogP contribution in [-0.4, -0.2) is 21.4 Å². The van der Waals surface area contributed by atoms with Crippen LogP contribution >= 0.6 is 0 Å². The summed E-state index contributed by atoms with van der Waals surface area (Å²) >= 11 is 0. The van der Waals surface area contributed by atoms with Crippen molar-refractivity contribution in [3.63, 3.8) is 0 Å². The first kappa shape index (κ1) is 23.0. The van der Waals surface area contributed by atoms with Crippen molar-refractivity contribution in [1.29, 1.82) is 10.5 Å². The molecule has 1 fully saturated rings. The van der Waals surface area contributed by atoms with Gasteiger partial charge < -0.3 is 19.7 Å². The van der Waals surface area contributed by atoms with Crippen molar-refractivity contribution in [3.8, 4) is 35.3 Å². The zero-order valence-corrected chi connectivity index (χ0v) is 20.4. The number of benzene rings is 3. The summed E-state index contributed by atoms with van der Waals surface area (Å²) in [6.45, 7) is 2.37. The molecule has 3 heterocycles. The van der Waals surface area contributed by atoms with E-state index in [0.29, 0.717) is 59.6 Å². The Bertz CT molecular complexity index is 1630. The summed E-state index contributed by atoms with van der Waals surface area (Å²) in [6.07, 6.45) is 2.59. The number of hydrogen-bond acceptors (Lipinski definition) is 6. The van der Waals surface area contributed by atoms with E-state index in [2.05, 4.69) is 12.1 Å². The van der Waals surface area contributed by atoms with E-state index in [1.807, 2.05) is 31.2 Å². The Labute approximate surface area is 214 Å². The third-order valence-electron chi connectivity index (χ3n) is 7.95. The standard InChI is InChI=1S/C30H25N3O4/c1-2-29-13-14-30(37-29,15-16-36-21-10-7-19(17-31)8-11-21)26-25(29)27(34)33(28(26)35)24-12-9-20(18-32)22-5-3-4-6-23(22)24/h3-12,34-35H,2,13-16H2,1H3/t29-,30-/m0/s1. The quantitative estimate of drug-likeness (QED) is 0.348. The SMILES string of the molecule is CC[C@@]12CC[C@@](CCOc3ccc(C#N)cc3)(O1)c1c2c(O)n(-c2ccc(C#N)c3ccccc23)c1O. The van der Waals surface area contributed by atoms with Gasteiger partial charge >= 0.3 is 0 Å². The van der Waals surface area contributed by atoms with Crippen LogP contribution in [0.25, 0.3) is 16.5 Å². The number of aromatic hydroxyl groups is 2. The van der Waals surface area contributed by atoms with Crippen LogP contribution in [0.1, 0.15) is 54.9 Å². The van der Waals surface area contributed by atoms with Gasteiger partial charge in [-0.1, -0.05) is 31.2 Å². The average Bonchev–Trinajstić information content (AvgIpc) is 3.55. The van der Waals surface area contributed by atoms with Crippen molar-refractivity contribution in [2.75, 3.05) is 6.61 Å². The molecule has 2 atom stereocenters. The van der Waals surface area contributed by atoms with Crippen LogP contribution < -0.4 is 4.74 Å². The maximum absolute atomic E-state index is 11.6. The zero-order valence-electron chi connectivity index (χ0n) is 20.4. The van der Waals surface area contributed by atoms with Crippen LogP contribution in [0, 0.1) is 22.7 Å². The minimum absolute atomic E-state index is 0.0289. The van der Waals surface area contributed by atoms with E-state index in [4.69, 9.17) is 14.7 Å². The van der Waals surface area contributed by atoms with Crippen molar-refractivity contribution in [1.82, 2.24) is 4.57 Å². The van der Waals surface area contributed by atoms with Crippen LogP contribution in [-0.2, 0) is 15.9 Å². The molecule has 3 aromatic carbocycles. The minimum Gasteiger partial charge on any atom is -0.494 e. The second kappa shape index (κ2) is 8.30. The van der Waals surface area contributed by atoms with Gasteiger partial charge in [0.25, 0.3) is 0 Å². The lowest BCUT2D eigenvalue weighted by molar-refractivity contribution is -0.0986. The van der Waals surface area contributed by atoms with Crippen LogP contribution in [0.2, 0.25) is 0 Å². The van der Waals surface area contributed by atoms with Gasteiger partial charge in [0.2, 0.25) is 11.8 Å². The van der Waals surface area contributed by atoms with Gasteiger partial charge in [0.15, 0.2) is 0 Å². The summed E-state index contributed by atoms with van der Waals surface area (Å²) < 4.78 is 14.1. The highest BCUT2D eigenvalue weighted by molar-refractivity contribution is 5.95. The molecule has 7 nitrogen and oxygen atoms in total. The average molecular weight is 492 g/mol. The molecule has 2 aliphatic heterocycles. The number of aromatic nitrogens is 1. The van der Waals surface area contributed by atoms with Crippen molar-refractivity contribution in [2.45, 2.75) is 43.8 Å². The van der Waals surface area contributed by atoms with Gasteiger partial charge in [0, 0.05) is 17.2 Å². The van der Waals surface area contributed by atoms with Gasteiger partial charge in [-0.15, -0.1) is 0 Å². The fourth-order valence-electron chi connectivity index (χ4n) is 6.13. The van der Waals surface area contributed by atoms with Gasteiger partial charge in [-0.25, -0.2) is 0 Å². The molecule has 0 spiro atoms. The monoisotopic (exact) mass is 491 g/mol. The van der Waals surface area contributed by atoms with Gasteiger partial charge in [0.1, 0.15) is 11.4 Å². The van der Waals surface area contributed by atoms with Crippen LogP contribution in [0.4, 0.5) is 0 Å². The van der Waals surface area contributed by atoms with E-state index in [9.17, 15) is 15.5 Å². The lowest BCUT2D eigenvalue weighted by Crippen LogP contribution is -2.25. The molecule has 0 unspecified atom stereocenters. The topological polar surface area (TPSA) is 111 Å². The molecule has 0 radical (unpaired) electrons. The molecule has 2 aliphatic rings. The molecule has 2 bridgehead atoms. The van der Waals surface area contributed by atoms with E-state index in [1.165, 1.54) is 4.57 Å².